The van der Waals surface area contributed by atoms with Gasteiger partial charge in [0.2, 0.25) is 0 Å². The molecule has 0 saturated carbocycles. The molecule has 1 fully saturated rings. The summed E-state index contributed by atoms with van der Waals surface area (Å²) < 4.78 is 0. The van der Waals surface area contributed by atoms with Gasteiger partial charge in [-0.15, -0.1) is 0 Å². The zero-order chi connectivity index (χ0) is 17.9. The van der Waals surface area contributed by atoms with Gasteiger partial charge in [0.25, 0.3) is 5.91 Å². The Morgan fingerprint density at radius 2 is 1.69 bits per heavy atom. The number of carbonyl (C=O) groups excluding carboxylic acids is 1. The van der Waals surface area contributed by atoms with Crippen molar-refractivity contribution in [1.29, 1.82) is 0 Å². The number of hydrogen-bond acceptors (Lipinski definition) is 3. The third-order valence-electron chi connectivity index (χ3n) is 5.62. The smallest absolute Gasteiger partial charge is 0.254 e. The summed E-state index contributed by atoms with van der Waals surface area (Å²) in [4.78, 5) is 17.2. The van der Waals surface area contributed by atoms with E-state index in [0.29, 0.717) is 0 Å². The lowest BCUT2D eigenvalue weighted by Gasteiger charge is -2.33. The lowest BCUT2D eigenvalue weighted by Crippen LogP contribution is -2.44. The topological polar surface area (TPSA) is 43.8 Å². The van der Waals surface area contributed by atoms with Gasteiger partial charge in [-0.1, -0.05) is 42.5 Å². The van der Waals surface area contributed by atoms with Gasteiger partial charge >= 0.3 is 0 Å². The quantitative estimate of drug-likeness (QED) is 0.922. The first-order valence-electron chi connectivity index (χ1n) is 9.59. The maximum Gasteiger partial charge on any atom is 0.254 e. The minimum atomic E-state index is -0.145. The number of nitrogens with zero attached hydrogens (tertiary/aromatic N) is 2. The number of likely N-dealkylation sites (tertiary alicyclic amines) is 1. The van der Waals surface area contributed by atoms with Gasteiger partial charge in [-0.3, -0.25) is 4.79 Å². The van der Waals surface area contributed by atoms with E-state index in [1.807, 2.05) is 29.2 Å². The van der Waals surface area contributed by atoms with Crippen LogP contribution in [0, 0.1) is 0 Å². The van der Waals surface area contributed by atoms with E-state index in [1.165, 1.54) is 11.1 Å². The van der Waals surface area contributed by atoms with E-state index in [-0.39, 0.29) is 12.0 Å². The Balaban J connectivity index is 1.42. The molecule has 1 N–H and O–H groups in total. The monoisotopic (exact) mass is 350 g/mol. The molecule has 0 atom stereocenters. The van der Waals surface area contributed by atoms with Crippen LogP contribution in [0.5, 0.6) is 0 Å². The molecule has 4 heteroatoms. The summed E-state index contributed by atoms with van der Waals surface area (Å²) in [6.07, 6.45) is 2.46. The summed E-state index contributed by atoms with van der Waals surface area (Å²) in [5, 5.41) is 9.61. The number of carbonyl (C=O) groups is 1. The SMILES string of the molecule is O=C1c2ccc(-c3ccccc3)cc2CCN1CCN1CCC(O)CC1. The van der Waals surface area contributed by atoms with Gasteiger partial charge < -0.3 is 14.9 Å². The van der Waals surface area contributed by atoms with Crippen molar-refractivity contribution in [1.82, 2.24) is 9.80 Å². The standard InChI is InChI=1S/C22H26N2O2/c25-20-9-11-23(12-10-20)14-15-24-13-8-19-16-18(6-7-21(19)22(24)26)17-4-2-1-3-5-17/h1-7,16,20,25H,8-15H2. The van der Waals surface area contributed by atoms with E-state index in [4.69, 9.17) is 0 Å². The molecule has 2 heterocycles. The van der Waals surface area contributed by atoms with Crippen LogP contribution in [0.15, 0.2) is 48.5 Å². The molecule has 0 aromatic heterocycles. The number of amides is 1. The second kappa shape index (κ2) is 7.60. The van der Waals surface area contributed by atoms with Crippen molar-refractivity contribution in [2.24, 2.45) is 0 Å². The minimum absolute atomic E-state index is 0.145. The maximum absolute atomic E-state index is 12.9. The van der Waals surface area contributed by atoms with Crippen LogP contribution in [0.25, 0.3) is 11.1 Å². The lowest BCUT2D eigenvalue weighted by molar-refractivity contribution is 0.0627. The maximum atomic E-state index is 12.9. The Morgan fingerprint density at radius 1 is 0.923 bits per heavy atom. The van der Waals surface area contributed by atoms with Crippen molar-refractivity contribution in [3.63, 3.8) is 0 Å². The summed E-state index contributed by atoms with van der Waals surface area (Å²) in [6, 6.07) is 16.5. The first-order valence-corrected chi connectivity index (χ1v) is 9.59. The molecule has 0 unspecified atom stereocenters. The van der Waals surface area contributed by atoms with Crippen LogP contribution >= 0.6 is 0 Å². The van der Waals surface area contributed by atoms with E-state index in [0.717, 1.165) is 63.1 Å². The molecule has 2 aliphatic rings. The molecule has 0 radical (unpaired) electrons. The molecular weight excluding hydrogens is 324 g/mol. The van der Waals surface area contributed by atoms with E-state index >= 15 is 0 Å². The van der Waals surface area contributed by atoms with Crippen LogP contribution in [0.3, 0.4) is 0 Å². The highest BCUT2D eigenvalue weighted by Crippen LogP contribution is 2.26. The third kappa shape index (κ3) is 3.67. The van der Waals surface area contributed by atoms with Crippen LogP contribution in [0.2, 0.25) is 0 Å². The molecule has 1 amide bonds. The van der Waals surface area contributed by atoms with Crippen molar-refractivity contribution < 1.29 is 9.90 Å². The van der Waals surface area contributed by atoms with Gasteiger partial charge in [-0.25, -0.2) is 0 Å². The molecule has 0 aliphatic carbocycles. The van der Waals surface area contributed by atoms with E-state index in [9.17, 15) is 9.90 Å². The van der Waals surface area contributed by atoms with Gasteiger partial charge in [-0.05, 0) is 42.0 Å². The highest BCUT2D eigenvalue weighted by molar-refractivity contribution is 5.97. The average molecular weight is 350 g/mol. The number of aliphatic hydroxyl groups excluding tert-OH is 1. The van der Waals surface area contributed by atoms with Crippen LogP contribution in [-0.4, -0.2) is 59.6 Å². The summed E-state index contributed by atoms with van der Waals surface area (Å²) in [5.41, 5.74) is 4.38. The fourth-order valence-corrected chi connectivity index (χ4v) is 3.97. The minimum Gasteiger partial charge on any atom is -0.393 e. The zero-order valence-electron chi connectivity index (χ0n) is 15.1. The molecule has 0 bridgehead atoms. The third-order valence-corrected chi connectivity index (χ3v) is 5.62. The average Bonchev–Trinajstić information content (AvgIpc) is 2.69. The Labute approximate surface area is 155 Å². The Bertz CT molecular complexity index is 767. The predicted molar refractivity (Wildman–Crippen MR) is 103 cm³/mol. The number of piperidine rings is 1. The Hall–Kier alpha value is -2.17. The van der Waals surface area contributed by atoms with Gasteiger partial charge in [0.1, 0.15) is 0 Å². The first-order chi connectivity index (χ1) is 12.7. The Kier molecular flexibility index (Phi) is 5.05. The van der Waals surface area contributed by atoms with Crippen LogP contribution < -0.4 is 0 Å². The Morgan fingerprint density at radius 3 is 2.46 bits per heavy atom. The largest absolute Gasteiger partial charge is 0.393 e. The molecule has 4 rings (SSSR count). The van der Waals surface area contributed by atoms with Gasteiger partial charge in [0, 0.05) is 38.3 Å². The van der Waals surface area contributed by atoms with Crippen molar-refractivity contribution >= 4 is 5.91 Å². The van der Waals surface area contributed by atoms with Crippen molar-refractivity contribution in [3.8, 4) is 11.1 Å². The summed E-state index contributed by atoms with van der Waals surface area (Å²) in [7, 11) is 0. The second-order valence-corrected chi connectivity index (χ2v) is 7.35. The van der Waals surface area contributed by atoms with Gasteiger partial charge in [0.15, 0.2) is 0 Å². The highest BCUT2D eigenvalue weighted by Gasteiger charge is 2.25. The number of fused-ring (bicyclic) bond motifs is 1. The predicted octanol–water partition coefficient (Wildman–Crippen LogP) is 2.81. The van der Waals surface area contributed by atoms with Crippen LogP contribution in [-0.2, 0) is 6.42 Å². The van der Waals surface area contributed by atoms with Gasteiger partial charge in [0.05, 0.1) is 6.10 Å². The molecule has 2 aromatic rings. The highest BCUT2D eigenvalue weighted by atomic mass is 16.3. The number of hydrogen-bond donors (Lipinski definition) is 1. The molecule has 2 aromatic carbocycles. The number of benzene rings is 2. The fourth-order valence-electron chi connectivity index (χ4n) is 3.97. The van der Waals surface area contributed by atoms with Crippen LogP contribution in [0.1, 0.15) is 28.8 Å². The molecule has 26 heavy (non-hydrogen) atoms. The summed E-state index contributed by atoms with van der Waals surface area (Å²) >= 11 is 0. The van der Waals surface area contributed by atoms with Crippen molar-refractivity contribution in [3.05, 3.63) is 59.7 Å². The summed E-state index contributed by atoms with van der Waals surface area (Å²) in [5.74, 6) is 0.155. The van der Waals surface area contributed by atoms with E-state index in [1.54, 1.807) is 0 Å². The molecule has 136 valence electrons. The van der Waals surface area contributed by atoms with E-state index < -0.39 is 0 Å². The van der Waals surface area contributed by atoms with Crippen LogP contribution in [0.4, 0.5) is 0 Å². The van der Waals surface area contributed by atoms with E-state index in [2.05, 4.69) is 29.2 Å². The summed E-state index contributed by atoms with van der Waals surface area (Å²) in [6.45, 7) is 4.33. The lowest BCUT2D eigenvalue weighted by atomic mass is 9.94. The zero-order valence-corrected chi connectivity index (χ0v) is 15.1. The van der Waals surface area contributed by atoms with Gasteiger partial charge in [-0.2, -0.15) is 0 Å². The number of rotatable bonds is 4. The molecule has 0 spiro atoms. The van der Waals surface area contributed by atoms with Crippen molar-refractivity contribution in [2.45, 2.75) is 25.4 Å². The second-order valence-electron chi connectivity index (χ2n) is 7.35. The number of aliphatic hydroxyl groups is 1. The molecule has 1 saturated heterocycles. The fraction of sp³-hybridized carbons (Fsp3) is 0.409. The first kappa shape index (κ1) is 17.3. The van der Waals surface area contributed by atoms with Crippen molar-refractivity contribution in [2.75, 3.05) is 32.7 Å². The molecule has 2 aliphatic heterocycles. The normalized spacial score (nSPS) is 18.8. The molecule has 4 nitrogen and oxygen atoms in total. The molecular formula is C22H26N2O2.